The molecule has 0 bridgehead atoms. The van der Waals surface area contributed by atoms with E-state index >= 15 is 0 Å². The molecule has 0 spiro atoms. The van der Waals surface area contributed by atoms with Crippen LogP contribution in [0.3, 0.4) is 0 Å². The van der Waals surface area contributed by atoms with Crippen LogP contribution in [0.15, 0.2) is 18.2 Å². The van der Waals surface area contributed by atoms with Crippen molar-refractivity contribution in [2.45, 2.75) is 89.1 Å². The van der Waals surface area contributed by atoms with Crippen LogP contribution in [0.2, 0.25) is 0 Å². The molecule has 1 aromatic carbocycles. The standard InChI is InChI=1S/C30H43F2N3O3/c1-29(2)19-38-28(37)35(29)18-30(20-7-5-4-6-8-20)11-13-34(14-12-30)27(36)25-17-22(33-3)16-24(25)23-10-9-21(31)15-26(23)32/h9-10,15,20,22,24-25,33H,4-8,11-14,16-19H2,1-3H3/t22?,24?,25-/m1/s1. The fourth-order valence-electron chi connectivity index (χ4n) is 7.74. The van der Waals surface area contributed by atoms with Crippen molar-refractivity contribution in [2.24, 2.45) is 17.3 Å². The van der Waals surface area contributed by atoms with Gasteiger partial charge in [0.15, 0.2) is 0 Å². The highest BCUT2D eigenvalue weighted by molar-refractivity contribution is 5.80. The maximum atomic E-state index is 14.8. The Morgan fingerprint density at radius 3 is 2.42 bits per heavy atom. The van der Waals surface area contributed by atoms with Crippen LogP contribution in [-0.2, 0) is 9.53 Å². The number of piperidine rings is 1. The van der Waals surface area contributed by atoms with Gasteiger partial charge < -0.3 is 15.0 Å². The summed E-state index contributed by atoms with van der Waals surface area (Å²) < 4.78 is 33.8. The van der Waals surface area contributed by atoms with Gasteiger partial charge in [-0.3, -0.25) is 9.69 Å². The minimum Gasteiger partial charge on any atom is -0.447 e. The van der Waals surface area contributed by atoms with E-state index in [0.29, 0.717) is 50.6 Å². The normalized spacial score (nSPS) is 29.5. The molecule has 5 rings (SSSR count). The number of nitrogens with one attached hydrogen (secondary N) is 1. The Labute approximate surface area is 225 Å². The molecule has 0 radical (unpaired) electrons. The van der Waals surface area contributed by atoms with Gasteiger partial charge in [-0.15, -0.1) is 0 Å². The van der Waals surface area contributed by atoms with Crippen LogP contribution in [0.5, 0.6) is 0 Å². The van der Waals surface area contributed by atoms with E-state index < -0.39 is 11.6 Å². The summed E-state index contributed by atoms with van der Waals surface area (Å²) in [6.45, 7) is 6.53. The van der Waals surface area contributed by atoms with Gasteiger partial charge in [0.05, 0.1) is 5.54 Å². The second-order valence-electron chi connectivity index (χ2n) is 12.8. The van der Waals surface area contributed by atoms with Gasteiger partial charge in [0, 0.05) is 37.7 Å². The van der Waals surface area contributed by atoms with Gasteiger partial charge in [-0.25, -0.2) is 13.6 Å². The lowest BCUT2D eigenvalue weighted by atomic mass is 9.63. The molecular weight excluding hydrogens is 488 g/mol. The second kappa shape index (κ2) is 10.7. The molecule has 2 aliphatic heterocycles. The highest BCUT2D eigenvalue weighted by Gasteiger charge is 2.50. The highest BCUT2D eigenvalue weighted by atomic mass is 19.1. The number of rotatable bonds is 6. The topological polar surface area (TPSA) is 61.9 Å². The Morgan fingerprint density at radius 1 is 1.11 bits per heavy atom. The molecule has 6 nitrogen and oxygen atoms in total. The first-order chi connectivity index (χ1) is 18.1. The van der Waals surface area contributed by atoms with Crippen molar-refractivity contribution in [1.29, 1.82) is 0 Å². The molecular formula is C30H43F2N3O3. The Balaban J connectivity index is 1.34. The Morgan fingerprint density at radius 2 is 1.82 bits per heavy atom. The number of ether oxygens (including phenoxy) is 1. The van der Waals surface area contributed by atoms with Crippen LogP contribution in [0.4, 0.5) is 13.6 Å². The summed E-state index contributed by atoms with van der Waals surface area (Å²) in [5.41, 5.74) is 0.0824. The Bertz CT molecular complexity index is 1030. The first kappa shape index (κ1) is 27.4. The van der Waals surface area contributed by atoms with Gasteiger partial charge in [-0.05, 0) is 88.3 Å². The zero-order valence-corrected chi connectivity index (χ0v) is 23.1. The van der Waals surface area contributed by atoms with Gasteiger partial charge in [0.1, 0.15) is 18.2 Å². The van der Waals surface area contributed by atoms with E-state index in [1.165, 1.54) is 44.2 Å². The smallest absolute Gasteiger partial charge is 0.410 e. The van der Waals surface area contributed by atoms with Crippen molar-refractivity contribution in [3.05, 3.63) is 35.4 Å². The van der Waals surface area contributed by atoms with Crippen LogP contribution in [-0.4, -0.2) is 66.7 Å². The van der Waals surface area contributed by atoms with Crippen LogP contribution < -0.4 is 5.32 Å². The first-order valence-corrected chi connectivity index (χ1v) is 14.5. The van der Waals surface area contributed by atoms with Gasteiger partial charge in [-0.2, -0.15) is 0 Å². The zero-order chi connectivity index (χ0) is 27.1. The third kappa shape index (κ3) is 5.17. The maximum Gasteiger partial charge on any atom is 0.410 e. The van der Waals surface area contributed by atoms with Crippen LogP contribution >= 0.6 is 0 Å². The van der Waals surface area contributed by atoms with E-state index in [9.17, 15) is 18.4 Å². The van der Waals surface area contributed by atoms with Crippen molar-refractivity contribution in [2.75, 3.05) is 33.3 Å². The monoisotopic (exact) mass is 531 g/mol. The number of likely N-dealkylation sites (tertiary alicyclic amines) is 1. The predicted octanol–water partition coefficient (Wildman–Crippen LogP) is 5.47. The van der Waals surface area contributed by atoms with E-state index in [0.717, 1.165) is 18.9 Å². The van der Waals surface area contributed by atoms with Crippen molar-refractivity contribution >= 4 is 12.0 Å². The molecule has 2 saturated heterocycles. The summed E-state index contributed by atoms with van der Waals surface area (Å²) in [6.07, 6.45) is 8.87. The third-order valence-corrected chi connectivity index (χ3v) is 10.2. The minimum absolute atomic E-state index is 0.0243. The summed E-state index contributed by atoms with van der Waals surface area (Å²) in [5, 5.41) is 3.27. The van der Waals surface area contributed by atoms with Gasteiger partial charge in [0.2, 0.25) is 5.91 Å². The average molecular weight is 532 g/mol. The summed E-state index contributed by atoms with van der Waals surface area (Å²) in [6, 6.07) is 3.84. The number of nitrogens with zero attached hydrogens (tertiary/aromatic N) is 2. The number of halogens is 2. The summed E-state index contributed by atoms with van der Waals surface area (Å²) >= 11 is 0. The first-order valence-electron chi connectivity index (χ1n) is 14.5. The molecule has 2 heterocycles. The Hall–Kier alpha value is -2.22. The molecule has 3 atom stereocenters. The molecule has 4 aliphatic rings. The SMILES string of the molecule is CNC1CC(c2ccc(F)cc2F)[C@H](C(=O)N2CCC(CN3C(=O)OCC3(C)C)(C3CCCCC3)CC2)C1. The molecule has 2 unspecified atom stereocenters. The molecule has 1 aromatic rings. The minimum atomic E-state index is -0.600. The van der Waals surface area contributed by atoms with E-state index in [-0.39, 0.29) is 40.8 Å². The quantitative estimate of drug-likeness (QED) is 0.529. The lowest BCUT2D eigenvalue weighted by Gasteiger charge is -2.51. The van der Waals surface area contributed by atoms with Crippen molar-refractivity contribution < 1.29 is 23.1 Å². The molecule has 1 N–H and O–H groups in total. The molecule has 2 amide bonds. The summed E-state index contributed by atoms with van der Waals surface area (Å²) in [7, 11) is 1.87. The van der Waals surface area contributed by atoms with Crippen LogP contribution in [0, 0.1) is 28.9 Å². The lowest BCUT2D eigenvalue weighted by Crippen LogP contribution is -2.55. The van der Waals surface area contributed by atoms with E-state index in [4.69, 9.17) is 4.74 Å². The number of carbonyl (C=O) groups is 2. The van der Waals surface area contributed by atoms with Crippen molar-refractivity contribution in [3.63, 3.8) is 0 Å². The molecule has 38 heavy (non-hydrogen) atoms. The van der Waals surface area contributed by atoms with Gasteiger partial charge in [-0.1, -0.05) is 25.3 Å². The molecule has 2 aliphatic carbocycles. The van der Waals surface area contributed by atoms with Crippen LogP contribution in [0.1, 0.15) is 83.1 Å². The molecule has 210 valence electrons. The largest absolute Gasteiger partial charge is 0.447 e. The molecule has 4 fully saturated rings. The fraction of sp³-hybridized carbons (Fsp3) is 0.733. The maximum absolute atomic E-state index is 14.8. The van der Waals surface area contributed by atoms with E-state index in [1.54, 1.807) is 0 Å². The number of hydrogen-bond acceptors (Lipinski definition) is 4. The third-order valence-electron chi connectivity index (χ3n) is 10.2. The van der Waals surface area contributed by atoms with E-state index in [1.807, 2.05) is 16.8 Å². The number of hydrogen-bond donors (Lipinski definition) is 1. The van der Waals surface area contributed by atoms with Crippen molar-refractivity contribution in [1.82, 2.24) is 15.1 Å². The van der Waals surface area contributed by atoms with Gasteiger partial charge in [0.25, 0.3) is 0 Å². The fourth-order valence-corrected chi connectivity index (χ4v) is 7.74. The highest BCUT2D eigenvalue weighted by Crippen LogP contribution is 2.49. The number of amides is 2. The second-order valence-corrected chi connectivity index (χ2v) is 12.8. The van der Waals surface area contributed by atoms with Crippen LogP contribution in [0.25, 0.3) is 0 Å². The summed E-state index contributed by atoms with van der Waals surface area (Å²) in [5.74, 6) is -1.15. The number of cyclic esters (lactones) is 1. The lowest BCUT2D eigenvalue weighted by molar-refractivity contribution is -0.139. The molecule has 2 saturated carbocycles. The summed E-state index contributed by atoms with van der Waals surface area (Å²) in [4.78, 5) is 30.5. The molecule has 0 aromatic heterocycles. The average Bonchev–Trinajstić information content (AvgIpc) is 3.45. The number of benzene rings is 1. The van der Waals surface area contributed by atoms with E-state index in [2.05, 4.69) is 19.2 Å². The van der Waals surface area contributed by atoms with Crippen molar-refractivity contribution in [3.8, 4) is 0 Å². The molecule has 8 heteroatoms. The number of carbonyl (C=O) groups excluding carboxylic acids is 2. The zero-order valence-electron chi connectivity index (χ0n) is 23.1. The van der Waals surface area contributed by atoms with Gasteiger partial charge >= 0.3 is 6.09 Å². The predicted molar refractivity (Wildman–Crippen MR) is 142 cm³/mol. The Kier molecular flexibility index (Phi) is 7.73.